The minimum atomic E-state index is 0.476. The summed E-state index contributed by atoms with van der Waals surface area (Å²) in [5.74, 6) is 0. The van der Waals surface area contributed by atoms with E-state index < -0.39 is 0 Å². The molecule has 70 valence electrons. The van der Waals surface area contributed by atoms with E-state index in [9.17, 15) is 0 Å². The summed E-state index contributed by atoms with van der Waals surface area (Å²) in [4.78, 5) is 5.90. The van der Waals surface area contributed by atoms with Gasteiger partial charge in [0.25, 0.3) is 0 Å². The van der Waals surface area contributed by atoms with Crippen LogP contribution in [0.3, 0.4) is 0 Å². The van der Waals surface area contributed by atoms with Gasteiger partial charge in [-0.2, -0.15) is 0 Å². The normalized spacial score (nSPS) is 11.9. The summed E-state index contributed by atoms with van der Waals surface area (Å²) in [7, 11) is 2.04. The molecule has 0 unspecified atom stereocenters. The predicted octanol–water partition coefficient (Wildman–Crippen LogP) is 1.22. The van der Waals surface area contributed by atoms with Gasteiger partial charge in [0.15, 0.2) is 0 Å². The van der Waals surface area contributed by atoms with E-state index >= 15 is 0 Å². The highest BCUT2D eigenvalue weighted by Gasteiger charge is 2.06. The Kier molecular flexibility index (Phi) is 5.37. The zero-order valence-electron chi connectivity index (χ0n) is 8.25. The van der Waals surface area contributed by atoms with E-state index in [4.69, 9.17) is 5.73 Å². The smallest absolute Gasteiger partial charge is 0.0452 e. The molecule has 0 spiro atoms. The van der Waals surface area contributed by atoms with Crippen molar-refractivity contribution in [1.29, 1.82) is 0 Å². The van der Waals surface area contributed by atoms with Crippen molar-refractivity contribution < 1.29 is 0 Å². The van der Waals surface area contributed by atoms with Gasteiger partial charge in [0.1, 0.15) is 0 Å². The van der Waals surface area contributed by atoms with Crippen LogP contribution in [0.1, 0.15) is 20.3 Å². The fraction of sp³-hybridized carbons (Fsp3) is 0.667. The topological polar surface area (TPSA) is 41.6 Å². The fourth-order valence-electron chi connectivity index (χ4n) is 0.917. The molecule has 0 heterocycles. The van der Waals surface area contributed by atoms with Crippen molar-refractivity contribution in [3.05, 3.63) is 11.9 Å². The van der Waals surface area contributed by atoms with E-state index in [2.05, 4.69) is 30.5 Å². The van der Waals surface area contributed by atoms with Crippen LogP contribution < -0.4 is 5.73 Å². The molecular formula is C9H19N3. The zero-order valence-corrected chi connectivity index (χ0v) is 8.25. The first-order chi connectivity index (χ1) is 5.63. The molecular weight excluding hydrogens is 150 g/mol. The number of nitrogens with zero attached hydrogens (tertiary/aromatic N) is 2. The Morgan fingerprint density at radius 3 is 2.58 bits per heavy atom. The number of hydrogen-bond donors (Lipinski definition) is 1. The molecule has 12 heavy (non-hydrogen) atoms. The van der Waals surface area contributed by atoms with Crippen LogP contribution in [-0.2, 0) is 0 Å². The van der Waals surface area contributed by atoms with Gasteiger partial charge in [0.05, 0.1) is 0 Å². The lowest BCUT2D eigenvalue weighted by atomic mass is 10.2. The highest BCUT2D eigenvalue weighted by Crippen LogP contribution is 2.09. The molecule has 0 rings (SSSR count). The summed E-state index contributed by atoms with van der Waals surface area (Å²) in [5, 5.41) is 0. The first-order valence-corrected chi connectivity index (χ1v) is 4.21. The van der Waals surface area contributed by atoms with Gasteiger partial charge in [-0.25, -0.2) is 0 Å². The van der Waals surface area contributed by atoms with Gasteiger partial charge in [0, 0.05) is 31.4 Å². The molecule has 0 aromatic heterocycles. The number of rotatable bonds is 5. The van der Waals surface area contributed by atoms with Crippen LogP contribution in [0.25, 0.3) is 0 Å². The standard InChI is InChI=1S/C9H19N3/c1-8(2)12(4)9(5-6-10)7-11-3/h7-8H,3,5-6,10H2,1-2,4H3/b9-7-. The molecule has 0 aliphatic rings. The maximum Gasteiger partial charge on any atom is 0.0452 e. The molecule has 0 aliphatic heterocycles. The molecule has 0 aromatic rings. The predicted molar refractivity (Wildman–Crippen MR) is 54.2 cm³/mol. The molecule has 0 fully saturated rings. The van der Waals surface area contributed by atoms with E-state index in [0.29, 0.717) is 12.6 Å². The zero-order chi connectivity index (χ0) is 9.56. The molecule has 0 aromatic carbocycles. The van der Waals surface area contributed by atoms with Crippen molar-refractivity contribution in [1.82, 2.24) is 4.90 Å². The lowest BCUT2D eigenvalue weighted by molar-refractivity contribution is 0.332. The molecule has 0 radical (unpaired) electrons. The Hall–Kier alpha value is -0.830. The summed E-state index contributed by atoms with van der Waals surface area (Å²) in [6.07, 6.45) is 2.63. The Bertz CT molecular complexity index is 161. The minimum absolute atomic E-state index is 0.476. The number of hydrogen-bond acceptors (Lipinski definition) is 3. The minimum Gasteiger partial charge on any atom is -0.374 e. The van der Waals surface area contributed by atoms with Gasteiger partial charge >= 0.3 is 0 Å². The summed E-state index contributed by atoms with van der Waals surface area (Å²) >= 11 is 0. The van der Waals surface area contributed by atoms with E-state index in [1.807, 2.05) is 7.05 Å². The van der Waals surface area contributed by atoms with Crippen molar-refractivity contribution in [2.45, 2.75) is 26.3 Å². The summed E-state index contributed by atoms with van der Waals surface area (Å²) in [5.41, 5.74) is 6.61. The van der Waals surface area contributed by atoms with E-state index in [1.54, 1.807) is 6.20 Å². The molecule has 3 nitrogen and oxygen atoms in total. The van der Waals surface area contributed by atoms with Crippen LogP contribution in [-0.4, -0.2) is 31.3 Å². The van der Waals surface area contributed by atoms with Crippen LogP contribution in [0, 0.1) is 0 Å². The van der Waals surface area contributed by atoms with Crippen molar-refractivity contribution in [2.24, 2.45) is 10.7 Å². The van der Waals surface area contributed by atoms with Crippen molar-refractivity contribution >= 4 is 6.72 Å². The third kappa shape index (κ3) is 3.53. The largest absolute Gasteiger partial charge is 0.374 e. The second-order valence-corrected chi connectivity index (χ2v) is 3.05. The van der Waals surface area contributed by atoms with Crippen molar-refractivity contribution in [3.63, 3.8) is 0 Å². The Labute approximate surface area is 75.0 Å². The second-order valence-electron chi connectivity index (χ2n) is 3.05. The third-order valence-corrected chi connectivity index (χ3v) is 1.87. The van der Waals surface area contributed by atoms with Crippen molar-refractivity contribution in [3.8, 4) is 0 Å². The molecule has 0 atom stereocenters. The molecule has 0 amide bonds. The van der Waals surface area contributed by atoms with Gasteiger partial charge in [-0.05, 0) is 27.1 Å². The van der Waals surface area contributed by atoms with Crippen molar-refractivity contribution in [2.75, 3.05) is 13.6 Å². The van der Waals surface area contributed by atoms with Crippen LogP contribution in [0.5, 0.6) is 0 Å². The average molecular weight is 169 g/mol. The third-order valence-electron chi connectivity index (χ3n) is 1.87. The molecule has 0 saturated heterocycles. The van der Waals surface area contributed by atoms with E-state index in [-0.39, 0.29) is 0 Å². The first kappa shape index (κ1) is 11.2. The van der Waals surface area contributed by atoms with Crippen LogP contribution in [0.4, 0.5) is 0 Å². The SMILES string of the molecule is C=N/C=C(/CCN)N(C)C(C)C. The number of nitrogens with two attached hydrogens (primary N) is 1. The maximum atomic E-state index is 5.47. The van der Waals surface area contributed by atoms with Gasteiger partial charge in [0.2, 0.25) is 0 Å². The highest BCUT2D eigenvalue weighted by molar-refractivity contribution is 5.26. The quantitative estimate of drug-likeness (QED) is 0.629. The molecule has 0 bridgehead atoms. The summed E-state index contributed by atoms with van der Waals surface area (Å²) in [6.45, 7) is 8.35. The van der Waals surface area contributed by atoms with Crippen LogP contribution in [0.15, 0.2) is 16.9 Å². The van der Waals surface area contributed by atoms with Crippen LogP contribution in [0.2, 0.25) is 0 Å². The molecule has 0 saturated carbocycles. The van der Waals surface area contributed by atoms with E-state index in [0.717, 1.165) is 12.1 Å². The monoisotopic (exact) mass is 169 g/mol. The molecule has 2 N–H and O–H groups in total. The molecule has 0 aliphatic carbocycles. The summed E-state index contributed by atoms with van der Waals surface area (Å²) < 4.78 is 0. The maximum absolute atomic E-state index is 5.47. The Balaban J connectivity index is 4.28. The lowest BCUT2D eigenvalue weighted by Crippen LogP contribution is -2.26. The Morgan fingerprint density at radius 2 is 2.25 bits per heavy atom. The number of aliphatic imine (C=N–C) groups is 1. The second kappa shape index (κ2) is 5.77. The van der Waals surface area contributed by atoms with Gasteiger partial charge in [-0.15, -0.1) is 0 Å². The summed E-state index contributed by atoms with van der Waals surface area (Å²) in [6, 6.07) is 0.476. The van der Waals surface area contributed by atoms with Gasteiger partial charge in [-0.1, -0.05) is 0 Å². The Morgan fingerprint density at radius 1 is 1.67 bits per heavy atom. The molecule has 3 heteroatoms. The highest BCUT2D eigenvalue weighted by atomic mass is 15.1. The van der Waals surface area contributed by atoms with E-state index in [1.165, 1.54) is 0 Å². The fourth-order valence-corrected chi connectivity index (χ4v) is 0.917. The lowest BCUT2D eigenvalue weighted by Gasteiger charge is -2.25. The average Bonchev–Trinajstić information content (AvgIpc) is 2.03. The van der Waals surface area contributed by atoms with Crippen LogP contribution >= 0.6 is 0 Å². The van der Waals surface area contributed by atoms with Gasteiger partial charge < -0.3 is 10.6 Å². The first-order valence-electron chi connectivity index (χ1n) is 4.21. The van der Waals surface area contributed by atoms with Gasteiger partial charge in [-0.3, -0.25) is 4.99 Å².